The molecule has 7 aromatic carbocycles. The van der Waals surface area contributed by atoms with E-state index in [0.29, 0.717) is 0 Å². The standard InChI is InChI=1S/C40H23NOS/c1-2-8-27(9-3-1)41-19-18-25-21-33-26(23-35(25)41)22-32(24-14-17-37-34(20-24)28-10-4-6-12-36(28)42-37)30-15-16-31-29-11-5-7-13-38(29)43-40(31)39(30)33/h1-23H. The minimum atomic E-state index is 0.921. The summed E-state index contributed by atoms with van der Waals surface area (Å²) in [7, 11) is 0. The highest BCUT2D eigenvalue weighted by atomic mass is 32.1. The Labute approximate surface area is 250 Å². The first-order chi connectivity index (χ1) is 21.3. The van der Waals surface area contributed by atoms with Crippen LogP contribution in [0, 0.1) is 0 Å². The van der Waals surface area contributed by atoms with Gasteiger partial charge in [-0.1, -0.05) is 72.8 Å². The van der Waals surface area contributed by atoms with E-state index in [1.54, 1.807) is 0 Å². The molecule has 3 aromatic heterocycles. The predicted molar refractivity (Wildman–Crippen MR) is 184 cm³/mol. The summed E-state index contributed by atoms with van der Waals surface area (Å²) < 4.78 is 11.2. The number of rotatable bonds is 2. The molecule has 0 unspecified atom stereocenters. The van der Waals surface area contributed by atoms with Crippen LogP contribution in [0.25, 0.3) is 91.4 Å². The van der Waals surface area contributed by atoms with E-state index >= 15 is 0 Å². The minimum Gasteiger partial charge on any atom is -0.456 e. The summed E-state index contributed by atoms with van der Waals surface area (Å²) in [5, 5.41) is 11.3. The number of fused-ring (bicyclic) bond motifs is 11. The van der Waals surface area contributed by atoms with E-state index < -0.39 is 0 Å². The van der Waals surface area contributed by atoms with E-state index in [1.807, 2.05) is 23.5 Å². The Morgan fingerprint density at radius 1 is 0.512 bits per heavy atom. The molecule has 0 aliphatic carbocycles. The third-order valence-electron chi connectivity index (χ3n) is 8.99. The van der Waals surface area contributed by atoms with Gasteiger partial charge in [0.2, 0.25) is 0 Å². The van der Waals surface area contributed by atoms with Crippen LogP contribution in [0.1, 0.15) is 0 Å². The van der Waals surface area contributed by atoms with E-state index in [-0.39, 0.29) is 0 Å². The van der Waals surface area contributed by atoms with Gasteiger partial charge in [-0.25, -0.2) is 0 Å². The molecule has 10 rings (SSSR count). The van der Waals surface area contributed by atoms with Crippen LogP contribution < -0.4 is 0 Å². The Morgan fingerprint density at radius 3 is 2.23 bits per heavy atom. The highest BCUT2D eigenvalue weighted by Gasteiger charge is 2.17. The van der Waals surface area contributed by atoms with Crippen molar-refractivity contribution in [2.45, 2.75) is 0 Å². The molecule has 10 aromatic rings. The fourth-order valence-electron chi connectivity index (χ4n) is 6.99. The molecular formula is C40H23NOS. The number of hydrogen-bond donors (Lipinski definition) is 0. The van der Waals surface area contributed by atoms with Crippen molar-refractivity contribution in [3.63, 3.8) is 0 Å². The number of hydrogen-bond acceptors (Lipinski definition) is 2. The van der Waals surface area contributed by atoms with Crippen LogP contribution in [0.5, 0.6) is 0 Å². The second kappa shape index (κ2) is 8.57. The van der Waals surface area contributed by atoms with Gasteiger partial charge < -0.3 is 8.98 Å². The van der Waals surface area contributed by atoms with Gasteiger partial charge in [0, 0.05) is 53.6 Å². The molecule has 0 fully saturated rings. The molecule has 0 atom stereocenters. The summed E-state index contributed by atoms with van der Waals surface area (Å²) >= 11 is 1.90. The van der Waals surface area contributed by atoms with Gasteiger partial charge in [-0.3, -0.25) is 0 Å². The van der Waals surface area contributed by atoms with Crippen LogP contribution in [0.15, 0.2) is 144 Å². The van der Waals surface area contributed by atoms with Crippen molar-refractivity contribution in [3.05, 3.63) is 140 Å². The van der Waals surface area contributed by atoms with Crippen molar-refractivity contribution in [2.75, 3.05) is 0 Å². The van der Waals surface area contributed by atoms with E-state index in [0.717, 1.165) is 21.9 Å². The van der Waals surface area contributed by atoms with E-state index in [1.165, 1.54) is 69.4 Å². The maximum absolute atomic E-state index is 6.19. The Hall–Kier alpha value is -5.38. The molecule has 0 saturated carbocycles. The summed E-state index contributed by atoms with van der Waals surface area (Å²) in [6, 6.07) is 48.4. The maximum atomic E-state index is 6.19. The van der Waals surface area contributed by atoms with Crippen LogP contribution >= 0.6 is 11.3 Å². The quantitative estimate of drug-likeness (QED) is 0.191. The average molecular weight is 566 g/mol. The SMILES string of the molecule is c1ccc(-n2ccc3cc4c(cc(-c5ccc6oc7ccccc7c6c5)c5ccc6c7ccccc7sc6c54)cc32)cc1. The van der Waals surface area contributed by atoms with Gasteiger partial charge in [-0.15, -0.1) is 11.3 Å². The lowest BCUT2D eigenvalue weighted by atomic mass is 9.91. The lowest BCUT2D eigenvalue weighted by Gasteiger charge is -2.14. The van der Waals surface area contributed by atoms with E-state index in [4.69, 9.17) is 4.42 Å². The van der Waals surface area contributed by atoms with Crippen molar-refractivity contribution in [3.8, 4) is 16.8 Å². The first-order valence-electron chi connectivity index (χ1n) is 14.6. The van der Waals surface area contributed by atoms with Crippen molar-refractivity contribution >= 4 is 85.9 Å². The second-order valence-electron chi connectivity index (χ2n) is 11.3. The molecule has 0 aliphatic rings. The first kappa shape index (κ1) is 23.2. The molecule has 2 nitrogen and oxygen atoms in total. The number of benzene rings is 7. The minimum absolute atomic E-state index is 0.921. The molecule has 0 aliphatic heterocycles. The monoisotopic (exact) mass is 565 g/mol. The van der Waals surface area contributed by atoms with E-state index in [2.05, 4.69) is 132 Å². The third kappa shape index (κ3) is 3.28. The fraction of sp³-hybridized carbons (Fsp3) is 0. The largest absolute Gasteiger partial charge is 0.456 e. The average Bonchev–Trinajstić information content (AvgIpc) is 3.76. The summed E-state index contributed by atoms with van der Waals surface area (Å²) in [5.41, 5.74) is 6.67. The molecule has 200 valence electrons. The van der Waals surface area contributed by atoms with Gasteiger partial charge in [-0.2, -0.15) is 0 Å². The second-order valence-corrected chi connectivity index (χ2v) is 12.4. The molecular weight excluding hydrogens is 543 g/mol. The number of thiophene rings is 1. The molecule has 43 heavy (non-hydrogen) atoms. The molecule has 0 saturated heterocycles. The summed E-state index contributed by atoms with van der Waals surface area (Å²) in [5.74, 6) is 0. The van der Waals surface area contributed by atoms with Gasteiger partial charge >= 0.3 is 0 Å². The molecule has 0 amide bonds. The van der Waals surface area contributed by atoms with Crippen LogP contribution in [0.4, 0.5) is 0 Å². The zero-order valence-electron chi connectivity index (χ0n) is 23.0. The topological polar surface area (TPSA) is 18.1 Å². The molecule has 0 radical (unpaired) electrons. The van der Waals surface area contributed by atoms with Crippen molar-refractivity contribution in [1.82, 2.24) is 4.57 Å². The maximum Gasteiger partial charge on any atom is 0.135 e. The van der Waals surface area contributed by atoms with Crippen LogP contribution in [-0.4, -0.2) is 4.57 Å². The lowest BCUT2D eigenvalue weighted by Crippen LogP contribution is -1.91. The van der Waals surface area contributed by atoms with Gasteiger partial charge in [0.05, 0.1) is 5.52 Å². The van der Waals surface area contributed by atoms with Crippen molar-refractivity contribution in [1.29, 1.82) is 0 Å². The number of aromatic nitrogens is 1. The van der Waals surface area contributed by atoms with Gasteiger partial charge in [-0.05, 0) is 87.9 Å². The summed E-state index contributed by atoms with van der Waals surface area (Å²) in [6.07, 6.45) is 2.19. The fourth-order valence-corrected chi connectivity index (χ4v) is 8.26. The molecule has 0 bridgehead atoms. The highest BCUT2D eigenvalue weighted by molar-refractivity contribution is 7.26. The Bertz CT molecular complexity index is 2720. The van der Waals surface area contributed by atoms with Crippen LogP contribution in [-0.2, 0) is 0 Å². The van der Waals surface area contributed by atoms with Gasteiger partial charge in [0.1, 0.15) is 11.2 Å². The van der Waals surface area contributed by atoms with Crippen LogP contribution in [0.3, 0.4) is 0 Å². The molecule has 3 heteroatoms. The Morgan fingerprint density at radius 2 is 1.30 bits per heavy atom. The lowest BCUT2D eigenvalue weighted by molar-refractivity contribution is 0.669. The highest BCUT2D eigenvalue weighted by Crippen LogP contribution is 2.45. The number of furan rings is 1. The summed E-state index contributed by atoms with van der Waals surface area (Å²) in [4.78, 5) is 0. The smallest absolute Gasteiger partial charge is 0.135 e. The van der Waals surface area contributed by atoms with Gasteiger partial charge in [0.25, 0.3) is 0 Å². The molecule has 0 N–H and O–H groups in total. The zero-order chi connectivity index (χ0) is 28.1. The molecule has 0 spiro atoms. The van der Waals surface area contributed by atoms with Gasteiger partial charge in [0.15, 0.2) is 0 Å². The Balaban J connectivity index is 1.35. The first-order valence-corrected chi connectivity index (χ1v) is 15.4. The van der Waals surface area contributed by atoms with Crippen molar-refractivity contribution < 1.29 is 4.42 Å². The van der Waals surface area contributed by atoms with Crippen LogP contribution in [0.2, 0.25) is 0 Å². The number of nitrogens with zero attached hydrogens (tertiary/aromatic N) is 1. The van der Waals surface area contributed by atoms with E-state index in [9.17, 15) is 0 Å². The summed E-state index contributed by atoms with van der Waals surface area (Å²) in [6.45, 7) is 0. The molecule has 3 heterocycles. The predicted octanol–water partition coefficient (Wildman–Crippen LogP) is 11.9. The number of para-hydroxylation sites is 2. The third-order valence-corrected chi connectivity index (χ3v) is 10.2. The zero-order valence-corrected chi connectivity index (χ0v) is 23.9. The van der Waals surface area contributed by atoms with Crippen molar-refractivity contribution in [2.24, 2.45) is 0 Å². The normalized spacial score (nSPS) is 12.2. The Kier molecular flexibility index (Phi) is 4.63.